The van der Waals surface area contributed by atoms with Gasteiger partial charge in [-0.25, -0.2) is 19.2 Å². The molecule has 5 N–H and O–H groups in total. The van der Waals surface area contributed by atoms with E-state index in [0.717, 1.165) is 19.4 Å². The molecule has 1 atom stereocenters. The van der Waals surface area contributed by atoms with Crippen molar-refractivity contribution in [3.63, 3.8) is 0 Å². The van der Waals surface area contributed by atoms with Crippen LogP contribution in [-0.2, 0) is 6.42 Å². The molecule has 1 aliphatic rings. The van der Waals surface area contributed by atoms with Crippen LogP contribution in [0.1, 0.15) is 29.0 Å². The van der Waals surface area contributed by atoms with Crippen molar-refractivity contribution in [2.45, 2.75) is 25.3 Å². The summed E-state index contributed by atoms with van der Waals surface area (Å²) in [6.45, 7) is 1.34. The highest BCUT2D eigenvalue weighted by Crippen LogP contribution is 2.24. The van der Waals surface area contributed by atoms with Crippen LogP contribution in [0.3, 0.4) is 0 Å². The number of aromatic nitrogens is 4. The smallest absolute Gasteiger partial charge is 0.345 e. The number of Topliss-reactive ketones (excluding diaryl/α,β-unsaturated/α-hetero) is 1. The van der Waals surface area contributed by atoms with Crippen molar-refractivity contribution in [3.05, 3.63) is 64.3 Å². The van der Waals surface area contributed by atoms with Gasteiger partial charge in [0, 0.05) is 24.7 Å². The Kier molecular flexibility index (Phi) is 5.72. The highest BCUT2D eigenvalue weighted by Gasteiger charge is 2.23. The van der Waals surface area contributed by atoms with E-state index in [4.69, 9.17) is 11.5 Å². The van der Waals surface area contributed by atoms with E-state index in [0.29, 0.717) is 17.9 Å². The van der Waals surface area contributed by atoms with E-state index in [1.165, 1.54) is 18.5 Å². The van der Waals surface area contributed by atoms with Crippen molar-refractivity contribution in [2.75, 3.05) is 23.7 Å². The predicted octanol–water partition coefficient (Wildman–Crippen LogP) is 1.30. The SMILES string of the molecule is Nc1ncc(-c2ccccc2F)nc1C(=O)Cc1[nH]c(=O)ncc1N1CCCC(N)C1. The Hall–Kier alpha value is -3.66. The third-order valence-corrected chi connectivity index (χ3v) is 5.22. The molecule has 2 aromatic heterocycles. The Morgan fingerprint density at radius 2 is 2.06 bits per heavy atom. The number of piperidine rings is 1. The number of carbonyl (C=O) groups is 1. The highest BCUT2D eigenvalue weighted by molar-refractivity contribution is 6.00. The van der Waals surface area contributed by atoms with Crippen LogP contribution in [0.5, 0.6) is 0 Å². The number of nitrogen functional groups attached to an aromatic ring is 1. The van der Waals surface area contributed by atoms with Gasteiger partial charge in [0.1, 0.15) is 11.5 Å². The molecular weight excluding hydrogens is 401 g/mol. The normalized spacial score (nSPS) is 16.3. The topological polar surface area (TPSA) is 144 Å². The van der Waals surface area contributed by atoms with Gasteiger partial charge in [-0.3, -0.25) is 4.79 Å². The van der Waals surface area contributed by atoms with E-state index in [9.17, 15) is 14.0 Å². The maximum Gasteiger partial charge on any atom is 0.345 e. The minimum Gasteiger partial charge on any atom is -0.382 e. The minimum absolute atomic E-state index is 0.00295. The fourth-order valence-electron chi connectivity index (χ4n) is 3.71. The average molecular weight is 423 g/mol. The van der Waals surface area contributed by atoms with E-state index >= 15 is 0 Å². The van der Waals surface area contributed by atoms with Gasteiger partial charge in [-0.2, -0.15) is 4.98 Å². The number of anilines is 2. The van der Waals surface area contributed by atoms with Gasteiger partial charge >= 0.3 is 5.69 Å². The summed E-state index contributed by atoms with van der Waals surface area (Å²) in [7, 11) is 0. The Balaban J connectivity index is 1.66. The maximum atomic E-state index is 14.1. The second-order valence-corrected chi connectivity index (χ2v) is 7.47. The number of H-pyrrole nitrogens is 1. The molecule has 4 rings (SSSR count). The van der Waals surface area contributed by atoms with E-state index in [-0.39, 0.29) is 35.2 Å². The number of nitrogens with two attached hydrogens (primary N) is 2. The predicted molar refractivity (Wildman–Crippen MR) is 114 cm³/mol. The number of carbonyl (C=O) groups excluding carboxylic acids is 1. The molecule has 0 spiro atoms. The van der Waals surface area contributed by atoms with Crippen LogP contribution in [-0.4, -0.2) is 44.9 Å². The van der Waals surface area contributed by atoms with Gasteiger partial charge in [-0.1, -0.05) is 12.1 Å². The zero-order chi connectivity index (χ0) is 22.0. The lowest BCUT2D eigenvalue weighted by Gasteiger charge is -2.33. The Morgan fingerprint density at radius 1 is 1.26 bits per heavy atom. The van der Waals surface area contributed by atoms with Gasteiger partial charge in [-0.05, 0) is 25.0 Å². The third kappa shape index (κ3) is 4.43. The van der Waals surface area contributed by atoms with Crippen LogP contribution >= 0.6 is 0 Å². The number of halogens is 1. The van der Waals surface area contributed by atoms with Gasteiger partial charge in [0.15, 0.2) is 11.6 Å². The lowest BCUT2D eigenvalue weighted by atomic mass is 10.0. The molecule has 160 valence electrons. The van der Waals surface area contributed by atoms with Crippen LogP contribution < -0.4 is 22.1 Å². The first-order chi connectivity index (χ1) is 14.9. The van der Waals surface area contributed by atoms with E-state index in [2.05, 4.69) is 19.9 Å². The highest BCUT2D eigenvalue weighted by atomic mass is 19.1. The van der Waals surface area contributed by atoms with Crippen molar-refractivity contribution >= 4 is 17.3 Å². The van der Waals surface area contributed by atoms with Crippen LogP contribution in [0.4, 0.5) is 15.9 Å². The van der Waals surface area contributed by atoms with E-state index < -0.39 is 17.3 Å². The summed E-state index contributed by atoms with van der Waals surface area (Å²) in [5, 5.41) is 0. The Morgan fingerprint density at radius 3 is 2.84 bits per heavy atom. The number of ketones is 1. The van der Waals surface area contributed by atoms with Gasteiger partial charge in [0.05, 0.1) is 35.9 Å². The lowest BCUT2D eigenvalue weighted by molar-refractivity contribution is 0.0988. The zero-order valence-electron chi connectivity index (χ0n) is 16.7. The second kappa shape index (κ2) is 8.60. The summed E-state index contributed by atoms with van der Waals surface area (Å²) in [5.41, 5.74) is 12.8. The first-order valence-corrected chi connectivity index (χ1v) is 9.91. The zero-order valence-corrected chi connectivity index (χ0v) is 16.7. The molecule has 0 amide bonds. The monoisotopic (exact) mass is 423 g/mol. The fraction of sp³-hybridized carbons (Fsp3) is 0.286. The molecule has 0 aliphatic carbocycles. The van der Waals surface area contributed by atoms with Crippen molar-refractivity contribution < 1.29 is 9.18 Å². The first-order valence-electron chi connectivity index (χ1n) is 9.91. The van der Waals surface area contributed by atoms with Gasteiger partial charge in [0.2, 0.25) is 0 Å². The number of hydrogen-bond donors (Lipinski definition) is 3. The molecular formula is C21H22FN7O2. The fourth-order valence-corrected chi connectivity index (χ4v) is 3.71. The molecule has 10 heteroatoms. The largest absolute Gasteiger partial charge is 0.382 e. The summed E-state index contributed by atoms with van der Waals surface area (Å²) in [6.07, 6.45) is 4.41. The summed E-state index contributed by atoms with van der Waals surface area (Å²) in [4.78, 5) is 41.6. The van der Waals surface area contributed by atoms with Crippen LogP contribution in [0.2, 0.25) is 0 Å². The molecule has 1 fully saturated rings. The van der Waals surface area contributed by atoms with Gasteiger partial charge < -0.3 is 21.4 Å². The number of rotatable bonds is 5. The third-order valence-electron chi connectivity index (χ3n) is 5.22. The summed E-state index contributed by atoms with van der Waals surface area (Å²) < 4.78 is 14.1. The molecule has 3 aromatic rings. The first kappa shape index (κ1) is 20.6. The summed E-state index contributed by atoms with van der Waals surface area (Å²) >= 11 is 0. The number of aromatic amines is 1. The van der Waals surface area contributed by atoms with Gasteiger partial charge in [-0.15, -0.1) is 0 Å². The van der Waals surface area contributed by atoms with E-state index in [1.54, 1.807) is 18.2 Å². The van der Waals surface area contributed by atoms with Crippen molar-refractivity contribution in [1.82, 2.24) is 19.9 Å². The van der Waals surface area contributed by atoms with Crippen molar-refractivity contribution in [2.24, 2.45) is 5.73 Å². The number of benzene rings is 1. The molecule has 1 aromatic carbocycles. The number of nitrogens with zero attached hydrogens (tertiary/aromatic N) is 4. The van der Waals surface area contributed by atoms with E-state index in [1.807, 2.05) is 4.90 Å². The molecule has 0 bridgehead atoms. The number of nitrogens with one attached hydrogen (secondary N) is 1. The average Bonchev–Trinajstić information content (AvgIpc) is 2.74. The van der Waals surface area contributed by atoms with Crippen LogP contribution in [0.25, 0.3) is 11.3 Å². The maximum absolute atomic E-state index is 14.1. The molecule has 0 saturated carbocycles. The molecule has 1 aliphatic heterocycles. The molecule has 3 heterocycles. The number of hydrogen-bond acceptors (Lipinski definition) is 8. The van der Waals surface area contributed by atoms with Gasteiger partial charge in [0.25, 0.3) is 0 Å². The van der Waals surface area contributed by atoms with Crippen LogP contribution in [0.15, 0.2) is 41.5 Å². The molecule has 31 heavy (non-hydrogen) atoms. The van der Waals surface area contributed by atoms with Crippen LogP contribution in [0, 0.1) is 5.82 Å². The molecule has 1 saturated heterocycles. The minimum atomic E-state index is -0.563. The quantitative estimate of drug-likeness (QED) is 0.521. The second-order valence-electron chi connectivity index (χ2n) is 7.47. The standard InChI is InChI=1S/C21H22FN7O2/c22-14-6-2-1-5-13(14)16-9-25-20(24)19(27-16)18(30)8-15-17(10-26-21(31)28-15)29-7-3-4-12(23)11-29/h1-2,5-6,9-10,12H,3-4,7-8,11,23H2,(H2,24,25)(H,26,28,31). The Labute approximate surface area is 177 Å². The van der Waals surface area contributed by atoms with Crippen molar-refractivity contribution in [3.8, 4) is 11.3 Å². The summed E-state index contributed by atoms with van der Waals surface area (Å²) in [5.74, 6) is -1.00. The molecule has 9 nitrogen and oxygen atoms in total. The summed E-state index contributed by atoms with van der Waals surface area (Å²) in [6, 6.07) is 6.07. The van der Waals surface area contributed by atoms with Crippen molar-refractivity contribution in [1.29, 1.82) is 0 Å². The molecule has 1 unspecified atom stereocenters. The Bertz CT molecular complexity index is 1180. The molecule has 0 radical (unpaired) electrons. The lowest BCUT2D eigenvalue weighted by Crippen LogP contribution is -2.43.